The Morgan fingerprint density at radius 3 is 2.33 bits per heavy atom. The number of nitrogens with one attached hydrogen (secondary N) is 1. The Morgan fingerprint density at radius 2 is 1.86 bits per heavy atom. The molecule has 0 spiro atoms. The van der Waals surface area contributed by atoms with Crippen molar-refractivity contribution >= 4 is 17.8 Å². The van der Waals surface area contributed by atoms with E-state index in [1.54, 1.807) is 27.7 Å². The van der Waals surface area contributed by atoms with Gasteiger partial charge in [0.05, 0.1) is 6.61 Å². The van der Waals surface area contributed by atoms with Crippen LogP contribution in [-0.4, -0.2) is 36.1 Å². The first-order chi connectivity index (χ1) is 9.73. The minimum Gasteiger partial charge on any atom is -0.464 e. The fraction of sp³-hybridized carbons (Fsp3) is 0.800. The number of amides is 1. The van der Waals surface area contributed by atoms with Gasteiger partial charge < -0.3 is 14.8 Å². The number of esters is 1. The molecular formula is C15H25NO5. The highest BCUT2D eigenvalue weighted by atomic mass is 16.6. The van der Waals surface area contributed by atoms with Crippen LogP contribution in [0, 0.1) is 5.92 Å². The zero-order valence-corrected chi connectivity index (χ0v) is 13.2. The van der Waals surface area contributed by atoms with Crippen molar-refractivity contribution in [2.24, 2.45) is 5.92 Å². The number of hydrogen-bond donors (Lipinski definition) is 1. The van der Waals surface area contributed by atoms with Gasteiger partial charge in [0.1, 0.15) is 17.4 Å². The van der Waals surface area contributed by atoms with Gasteiger partial charge in [-0.1, -0.05) is 0 Å². The highest BCUT2D eigenvalue weighted by Gasteiger charge is 2.31. The van der Waals surface area contributed by atoms with E-state index in [1.165, 1.54) is 0 Å². The summed E-state index contributed by atoms with van der Waals surface area (Å²) in [6.07, 6.45) is 1.70. The van der Waals surface area contributed by atoms with Gasteiger partial charge in [-0.15, -0.1) is 0 Å². The molecule has 0 radical (unpaired) electrons. The molecule has 6 nitrogen and oxygen atoms in total. The number of carbonyl (C=O) groups excluding carboxylic acids is 3. The number of hydrogen-bond acceptors (Lipinski definition) is 5. The molecule has 1 atom stereocenters. The van der Waals surface area contributed by atoms with Crippen LogP contribution < -0.4 is 5.32 Å². The van der Waals surface area contributed by atoms with E-state index < -0.39 is 23.7 Å². The lowest BCUT2D eigenvalue weighted by molar-refractivity contribution is -0.145. The maximum atomic E-state index is 11.8. The summed E-state index contributed by atoms with van der Waals surface area (Å²) in [5.74, 6) is -0.239. The molecule has 0 unspecified atom stereocenters. The normalized spacial score (nSPS) is 16.0. The molecule has 0 aromatic rings. The number of alkyl carbamates (subject to hydrolysis) is 1. The summed E-state index contributed by atoms with van der Waals surface area (Å²) >= 11 is 0. The zero-order valence-electron chi connectivity index (χ0n) is 13.2. The van der Waals surface area contributed by atoms with Crippen LogP contribution in [0.5, 0.6) is 0 Å². The maximum Gasteiger partial charge on any atom is 0.408 e. The molecule has 0 bridgehead atoms. The van der Waals surface area contributed by atoms with Crippen molar-refractivity contribution in [2.75, 3.05) is 6.61 Å². The quantitative estimate of drug-likeness (QED) is 0.729. The molecule has 1 fully saturated rings. The van der Waals surface area contributed by atoms with Gasteiger partial charge in [0.15, 0.2) is 0 Å². The van der Waals surface area contributed by atoms with Crippen LogP contribution in [0.4, 0.5) is 4.79 Å². The Morgan fingerprint density at radius 1 is 1.24 bits per heavy atom. The van der Waals surface area contributed by atoms with Crippen LogP contribution >= 0.6 is 0 Å². The van der Waals surface area contributed by atoms with Crippen LogP contribution in [-0.2, 0) is 19.1 Å². The van der Waals surface area contributed by atoms with E-state index in [9.17, 15) is 14.4 Å². The van der Waals surface area contributed by atoms with Crippen molar-refractivity contribution < 1.29 is 23.9 Å². The van der Waals surface area contributed by atoms with Crippen LogP contribution in [0.25, 0.3) is 0 Å². The third-order valence-corrected chi connectivity index (χ3v) is 2.97. The molecule has 0 aliphatic heterocycles. The van der Waals surface area contributed by atoms with E-state index in [0.717, 1.165) is 12.8 Å². The van der Waals surface area contributed by atoms with Crippen LogP contribution in [0.2, 0.25) is 0 Å². The second kappa shape index (κ2) is 7.43. The lowest BCUT2D eigenvalue weighted by Crippen LogP contribution is -2.44. The predicted molar refractivity (Wildman–Crippen MR) is 76.8 cm³/mol. The molecule has 0 saturated heterocycles. The van der Waals surface area contributed by atoms with Gasteiger partial charge in [-0.05, 0) is 47.0 Å². The number of carbonyl (C=O) groups is 3. The summed E-state index contributed by atoms with van der Waals surface area (Å²) in [5, 5.41) is 2.48. The maximum absolute atomic E-state index is 11.8. The topological polar surface area (TPSA) is 81.7 Å². The lowest BCUT2D eigenvalue weighted by atomic mass is 10.1. The smallest absolute Gasteiger partial charge is 0.408 e. The van der Waals surface area contributed by atoms with Crippen molar-refractivity contribution in [3.05, 3.63) is 0 Å². The Balaban J connectivity index is 2.52. The van der Waals surface area contributed by atoms with E-state index >= 15 is 0 Å². The van der Waals surface area contributed by atoms with Crippen molar-refractivity contribution in [1.29, 1.82) is 0 Å². The predicted octanol–water partition coefficient (Wildman–Crippen LogP) is 2.20. The molecule has 21 heavy (non-hydrogen) atoms. The van der Waals surface area contributed by atoms with Gasteiger partial charge in [-0.25, -0.2) is 9.59 Å². The van der Waals surface area contributed by atoms with Gasteiger partial charge >= 0.3 is 12.1 Å². The molecule has 120 valence electrons. The molecule has 0 aromatic heterocycles. The SMILES string of the molecule is CCOC(=O)[C@H](CCC(=O)C1CC1)NC(=O)OC(C)(C)C. The zero-order chi connectivity index (χ0) is 16.0. The molecule has 0 heterocycles. The molecular weight excluding hydrogens is 274 g/mol. The number of ketones is 1. The van der Waals surface area contributed by atoms with Crippen molar-refractivity contribution in [3.63, 3.8) is 0 Å². The number of ether oxygens (including phenoxy) is 2. The monoisotopic (exact) mass is 299 g/mol. The lowest BCUT2D eigenvalue weighted by Gasteiger charge is -2.22. The molecule has 1 amide bonds. The van der Waals surface area contributed by atoms with Crippen LogP contribution in [0.15, 0.2) is 0 Å². The van der Waals surface area contributed by atoms with Crippen LogP contribution in [0.1, 0.15) is 53.4 Å². The third-order valence-electron chi connectivity index (χ3n) is 2.97. The average molecular weight is 299 g/mol. The Kier molecular flexibility index (Phi) is 6.18. The summed E-state index contributed by atoms with van der Waals surface area (Å²) in [6.45, 7) is 7.13. The molecule has 1 N–H and O–H groups in total. The second-order valence-electron chi connectivity index (χ2n) is 6.23. The molecule has 1 rings (SSSR count). The fourth-order valence-electron chi connectivity index (χ4n) is 1.84. The molecule has 6 heteroatoms. The summed E-state index contributed by atoms with van der Waals surface area (Å²) < 4.78 is 10.0. The molecule has 1 aliphatic rings. The Labute approximate surface area is 125 Å². The highest BCUT2D eigenvalue weighted by molar-refractivity contribution is 5.85. The van der Waals surface area contributed by atoms with E-state index in [4.69, 9.17) is 9.47 Å². The minimum absolute atomic E-state index is 0.148. The van der Waals surface area contributed by atoms with Gasteiger partial charge in [-0.2, -0.15) is 0 Å². The van der Waals surface area contributed by atoms with Crippen molar-refractivity contribution in [2.45, 2.75) is 65.0 Å². The second-order valence-corrected chi connectivity index (χ2v) is 6.23. The first-order valence-electron chi connectivity index (χ1n) is 7.41. The third kappa shape index (κ3) is 7.11. The molecule has 0 aromatic carbocycles. The van der Waals surface area contributed by atoms with Gasteiger partial charge in [0.25, 0.3) is 0 Å². The standard InChI is InChI=1S/C15H25NO5/c1-5-20-13(18)11(8-9-12(17)10-6-7-10)16-14(19)21-15(2,3)4/h10-11H,5-9H2,1-4H3,(H,16,19)/t11-/m0/s1. The first-order valence-corrected chi connectivity index (χ1v) is 7.41. The van der Waals surface area contributed by atoms with E-state index in [2.05, 4.69) is 5.32 Å². The summed E-state index contributed by atoms with van der Waals surface area (Å²) in [6, 6.07) is -0.845. The van der Waals surface area contributed by atoms with E-state index in [1.807, 2.05) is 0 Å². The van der Waals surface area contributed by atoms with Gasteiger partial charge in [0.2, 0.25) is 0 Å². The Bertz CT molecular complexity index is 395. The minimum atomic E-state index is -0.845. The summed E-state index contributed by atoms with van der Waals surface area (Å²) in [5.41, 5.74) is -0.646. The number of rotatable bonds is 7. The van der Waals surface area contributed by atoms with E-state index in [-0.39, 0.29) is 31.1 Å². The molecule has 1 saturated carbocycles. The van der Waals surface area contributed by atoms with Crippen molar-refractivity contribution in [3.8, 4) is 0 Å². The average Bonchev–Trinajstić information content (AvgIpc) is 3.16. The van der Waals surface area contributed by atoms with Gasteiger partial charge in [-0.3, -0.25) is 4.79 Å². The highest BCUT2D eigenvalue weighted by Crippen LogP contribution is 2.31. The summed E-state index contributed by atoms with van der Waals surface area (Å²) in [4.78, 5) is 35.3. The van der Waals surface area contributed by atoms with Crippen LogP contribution in [0.3, 0.4) is 0 Å². The Hall–Kier alpha value is -1.59. The first kappa shape index (κ1) is 17.5. The fourth-order valence-corrected chi connectivity index (χ4v) is 1.84. The van der Waals surface area contributed by atoms with Gasteiger partial charge in [0, 0.05) is 12.3 Å². The number of Topliss-reactive ketones (excluding diaryl/α,β-unsaturated/α-hetero) is 1. The van der Waals surface area contributed by atoms with E-state index in [0.29, 0.717) is 0 Å². The largest absolute Gasteiger partial charge is 0.464 e. The van der Waals surface area contributed by atoms with Crippen molar-refractivity contribution in [1.82, 2.24) is 5.32 Å². The molecule has 1 aliphatic carbocycles. The summed E-state index contributed by atoms with van der Waals surface area (Å²) in [7, 11) is 0.